The summed E-state index contributed by atoms with van der Waals surface area (Å²) >= 11 is 6.18. The van der Waals surface area contributed by atoms with Crippen LogP contribution in [0, 0.1) is 0 Å². The molecule has 0 aliphatic carbocycles. The molecule has 1 N–H and O–H groups in total. The largest absolute Gasteiger partial charge is 0.418 e. The molecule has 2 aromatic carbocycles. The van der Waals surface area contributed by atoms with Crippen molar-refractivity contribution in [2.75, 3.05) is 19.0 Å². The van der Waals surface area contributed by atoms with Crippen molar-refractivity contribution in [3.05, 3.63) is 46.5 Å². The number of nitrogens with one attached hydrogen (secondary N) is 1. The lowest BCUT2D eigenvalue weighted by molar-refractivity contribution is -0.142. The van der Waals surface area contributed by atoms with Crippen molar-refractivity contribution in [3.63, 3.8) is 0 Å². The predicted octanol–water partition coefficient (Wildman–Crippen LogP) is 5.99. The third kappa shape index (κ3) is 3.69. The minimum atomic E-state index is -5.00. The van der Waals surface area contributed by atoms with Gasteiger partial charge in [0.15, 0.2) is 0 Å². The van der Waals surface area contributed by atoms with Crippen LogP contribution in [-0.4, -0.2) is 24.1 Å². The molecule has 0 unspecified atom stereocenters. The molecule has 1 heterocycles. The zero-order chi connectivity index (χ0) is 20.1. The first-order chi connectivity index (χ1) is 12.4. The Hall–Kier alpha value is -2.42. The van der Waals surface area contributed by atoms with Crippen molar-refractivity contribution in [2.24, 2.45) is 0 Å². The Labute approximate surface area is 154 Å². The molecule has 3 rings (SSSR count). The number of fused-ring (bicyclic) bond motifs is 1. The first kappa shape index (κ1) is 19.3. The van der Waals surface area contributed by atoms with Gasteiger partial charge in [0.25, 0.3) is 0 Å². The monoisotopic (exact) mass is 407 g/mol. The van der Waals surface area contributed by atoms with Crippen molar-refractivity contribution in [1.29, 1.82) is 0 Å². The molecule has 10 heteroatoms. The minimum Gasteiger partial charge on any atom is -0.378 e. The number of aromatic amines is 1. The first-order valence-corrected chi connectivity index (χ1v) is 7.91. The van der Waals surface area contributed by atoms with Crippen molar-refractivity contribution in [2.45, 2.75) is 12.4 Å². The number of anilines is 1. The van der Waals surface area contributed by atoms with Gasteiger partial charge in [0.2, 0.25) is 0 Å². The Bertz CT molecular complexity index is 1000. The molecule has 27 heavy (non-hydrogen) atoms. The van der Waals surface area contributed by atoms with Gasteiger partial charge < -0.3 is 9.88 Å². The van der Waals surface area contributed by atoms with Crippen LogP contribution in [0.5, 0.6) is 0 Å². The summed E-state index contributed by atoms with van der Waals surface area (Å²) < 4.78 is 78.7. The van der Waals surface area contributed by atoms with Gasteiger partial charge in [0, 0.05) is 25.3 Å². The number of rotatable bonds is 2. The minimum absolute atomic E-state index is 0.0508. The van der Waals surface area contributed by atoms with E-state index in [0.717, 1.165) is 5.69 Å². The smallest absolute Gasteiger partial charge is 0.378 e. The normalized spacial score (nSPS) is 12.6. The highest BCUT2D eigenvalue weighted by Gasteiger charge is 2.39. The van der Waals surface area contributed by atoms with E-state index < -0.39 is 29.0 Å². The van der Waals surface area contributed by atoms with Crippen molar-refractivity contribution >= 4 is 28.3 Å². The average molecular weight is 408 g/mol. The van der Waals surface area contributed by atoms with Gasteiger partial charge in [-0.25, -0.2) is 4.98 Å². The van der Waals surface area contributed by atoms with E-state index in [0.29, 0.717) is 6.07 Å². The molecule has 0 aliphatic rings. The first-order valence-electron chi connectivity index (χ1n) is 7.53. The van der Waals surface area contributed by atoms with Crippen LogP contribution in [-0.2, 0) is 12.4 Å². The summed E-state index contributed by atoms with van der Waals surface area (Å²) in [6, 6.07) is 5.44. The van der Waals surface area contributed by atoms with Crippen molar-refractivity contribution in [1.82, 2.24) is 9.97 Å². The van der Waals surface area contributed by atoms with Crippen molar-refractivity contribution in [3.8, 4) is 11.4 Å². The summed E-state index contributed by atoms with van der Waals surface area (Å²) in [5, 5.41) is 0.199. The maximum atomic E-state index is 13.3. The fourth-order valence-electron chi connectivity index (χ4n) is 2.60. The molecule has 144 valence electrons. The molecule has 0 saturated heterocycles. The summed E-state index contributed by atoms with van der Waals surface area (Å²) in [6.45, 7) is 0. The third-order valence-corrected chi connectivity index (χ3v) is 4.26. The topological polar surface area (TPSA) is 31.9 Å². The highest BCUT2D eigenvalue weighted by Crippen LogP contribution is 2.40. The summed E-state index contributed by atoms with van der Waals surface area (Å²) in [4.78, 5) is 8.15. The molecule has 0 bridgehead atoms. The number of hydrogen-bond acceptors (Lipinski definition) is 2. The summed E-state index contributed by atoms with van der Waals surface area (Å²) in [5.41, 5.74) is -2.82. The van der Waals surface area contributed by atoms with Crippen LogP contribution in [0.1, 0.15) is 11.1 Å². The van der Waals surface area contributed by atoms with E-state index in [1.165, 1.54) is 6.07 Å². The van der Waals surface area contributed by atoms with Gasteiger partial charge >= 0.3 is 12.4 Å². The van der Waals surface area contributed by atoms with Crippen LogP contribution in [0.4, 0.5) is 32.0 Å². The van der Waals surface area contributed by atoms with E-state index in [4.69, 9.17) is 11.6 Å². The van der Waals surface area contributed by atoms with E-state index in [2.05, 4.69) is 9.97 Å². The Morgan fingerprint density at radius 2 is 1.63 bits per heavy atom. The molecule has 0 spiro atoms. The molecule has 3 aromatic rings. The number of aromatic nitrogens is 2. The lowest BCUT2D eigenvalue weighted by Gasteiger charge is -2.13. The highest BCUT2D eigenvalue weighted by molar-refractivity contribution is 6.33. The number of alkyl halides is 6. The average Bonchev–Trinajstić information content (AvgIpc) is 2.95. The Kier molecular flexibility index (Phi) is 4.54. The Balaban J connectivity index is 2.23. The zero-order valence-corrected chi connectivity index (χ0v) is 14.7. The van der Waals surface area contributed by atoms with Gasteiger partial charge in [-0.05, 0) is 30.3 Å². The van der Waals surface area contributed by atoms with E-state index in [1.807, 2.05) is 0 Å². The van der Waals surface area contributed by atoms with Gasteiger partial charge in [0.1, 0.15) is 11.3 Å². The number of benzene rings is 2. The zero-order valence-electron chi connectivity index (χ0n) is 13.9. The molecule has 0 aliphatic heterocycles. The lowest BCUT2D eigenvalue weighted by atomic mass is 10.1. The fraction of sp³-hybridized carbons (Fsp3) is 0.235. The van der Waals surface area contributed by atoms with E-state index in [-0.39, 0.29) is 28.0 Å². The van der Waals surface area contributed by atoms with E-state index in [1.54, 1.807) is 31.1 Å². The quantitative estimate of drug-likeness (QED) is 0.529. The number of H-pyrrole nitrogens is 1. The Morgan fingerprint density at radius 1 is 0.963 bits per heavy atom. The second-order valence-electron chi connectivity index (χ2n) is 6.06. The number of imidazole rings is 1. The molecule has 0 fully saturated rings. The van der Waals surface area contributed by atoms with Crippen LogP contribution in [0.15, 0.2) is 30.3 Å². The second kappa shape index (κ2) is 6.33. The molecule has 1 aromatic heterocycles. The predicted molar refractivity (Wildman–Crippen MR) is 90.9 cm³/mol. The molecular weight excluding hydrogens is 396 g/mol. The van der Waals surface area contributed by atoms with Crippen LogP contribution in [0.25, 0.3) is 22.4 Å². The van der Waals surface area contributed by atoms with Gasteiger partial charge in [0.05, 0.1) is 21.7 Å². The fourth-order valence-corrected chi connectivity index (χ4v) is 2.86. The Morgan fingerprint density at radius 3 is 2.15 bits per heavy atom. The van der Waals surface area contributed by atoms with Crippen LogP contribution < -0.4 is 4.90 Å². The maximum Gasteiger partial charge on any atom is 0.418 e. The molecular formula is C17H12ClF6N3. The number of halogens is 7. The molecule has 0 atom stereocenters. The van der Waals surface area contributed by atoms with Gasteiger partial charge in [-0.3, -0.25) is 0 Å². The summed E-state index contributed by atoms with van der Waals surface area (Å²) in [6.07, 6.45) is -9.92. The standard InChI is InChI=1S/C17H12ClF6N3/c1-27(2)9-3-4-10(12(18)7-9)15-25-13-6-8(16(19,20)21)5-11(14(13)26-15)17(22,23)24/h3-7H,1-2H3,(H,25,26). The maximum absolute atomic E-state index is 13.3. The van der Waals surface area contributed by atoms with E-state index in [9.17, 15) is 26.3 Å². The number of hydrogen-bond donors (Lipinski definition) is 1. The van der Waals surface area contributed by atoms with Gasteiger partial charge in [-0.1, -0.05) is 11.6 Å². The third-order valence-electron chi connectivity index (χ3n) is 3.94. The molecule has 3 nitrogen and oxygen atoms in total. The van der Waals surface area contributed by atoms with Crippen LogP contribution in [0.3, 0.4) is 0 Å². The molecule has 0 amide bonds. The van der Waals surface area contributed by atoms with E-state index >= 15 is 0 Å². The highest BCUT2D eigenvalue weighted by atomic mass is 35.5. The van der Waals surface area contributed by atoms with Crippen LogP contribution in [0.2, 0.25) is 5.02 Å². The molecule has 0 radical (unpaired) electrons. The lowest BCUT2D eigenvalue weighted by Crippen LogP contribution is -2.11. The van der Waals surface area contributed by atoms with Gasteiger partial charge in [-0.2, -0.15) is 26.3 Å². The molecule has 0 saturated carbocycles. The SMILES string of the molecule is CN(C)c1ccc(-c2nc3c(C(F)(F)F)cc(C(F)(F)F)cc3[nH]2)c(Cl)c1. The van der Waals surface area contributed by atoms with Crippen LogP contribution >= 0.6 is 11.6 Å². The van der Waals surface area contributed by atoms with Crippen molar-refractivity contribution < 1.29 is 26.3 Å². The summed E-state index contributed by atoms with van der Waals surface area (Å²) in [5.74, 6) is -0.0508. The summed E-state index contributed by atoms with van der Waals surface area (Å²) in [7, 11) is 3.56. The second-order valence-corrected chi connectivity index (χ2v) is 6.47. The number of nitrogens with zero attached hydrogens (tertiary/aromatic N) is 2. The van der Waals surface area contributed by atoms with Gasteiger partial charge in [-0.15, -0.1) is 0 Å².